The molecule has 1 N–H and O–H groups in total. The maximum Gasteiger partial charge on any atom is 0.267 e. The minimum atomic E-state index is -0.252. The minimum Gasteiger partial charge on any atom is -0.497 e. The monoisotopic (exact) mass is 400 g/mol. The van der Waals surface area contributed by atoms with E-state index in [0.717, 1.165) is 30.8 Å². The van der Waals surface area contributed by atoms with Gasteiger partial charge in [0.2, 0.25) is 5.91 Å². The molecule has 7 nitrogen and oxygen atoms in total. The summed E-state index contributed by atoms with van der Waals surface area (Å²) in [5, 5.41) is 7.76. The van der Waals surface area contributed by atoms with Gasteiger partial charge in [0.1, 0.15) is 12.3 Å². The molecule has 3 unspecified atom stereocenters. The Morgan fingerprint density at radius 2 is 2.24 bits per heavy atom. The molecule has 7 heteroatoms. The number of hydrogen-bond acceptors (Lipinski definition) is 5. The van der Waals surface area contributed by atoms with Crippen molar-refractivity contribution in [3.8, 4) is 0 Å². The van der Waals surface area contributed by atoms with Crippen LogP contribution in [0.15, 0.2) is 40.9 Å². The number of aromatic nitrogens is 2. The number of hydrogen-bond donors (Lipinski definition) is 1. The maximum absolute atomic E-state index is 12.9. The Bertz CT molecular complexity index is 830. The molecule has 158 valence electrons. The summed E-state index contributed by atoms with van der Waals surface area (Å²) in [7, 11) is 1.65. The number of ether oxygens (including phenoxy) is 1. The summed E-state index contributed by atoms with van der Waals surface area (Å²) in [6.45, 7) is 6.58. The molecule has 0 radical (unpaired) electrons. The molecule has 2 heterocycles. The molecule has 0 saturated carbocycles. The van der Waals surface area contributed by atoms with Gasteiger partial charge in [-0.2, -0.15) is 5.10 Å². The lowest BCUT2D eigenvalue weighted by Crippen LogP contribution is -2.41. The van der Waals surface area contributed by atoms with Crippen LogP contribution in [0.4, 0.5) is 0 Å². The number of allylic oxidation sites excluding steroid dienone is 1. The van der Waals surface area contributed by atoms with Gasteiger partial charge in [-0.25, -0.2) is 4.68 Å². The molecule has 1 aromatic heterocycles. The lowest BCUT2D eigenvalue weighted by molar-refractivity contribution is -0.132. The van der Waals surface area contributed by atoms with Crippen LogP contribution < -0.4 is 10.9 Å². The number of amides is 1. The first-order valence-electron chi connectivity index (χ1n) is 10.5. The predicted molar refractivity (Wildman–Crippen MR) is 112 cm³/mol. The molecule has 1 aliphatic carbocycles. The molecule has 1 amide bonds. The molecule has 0 bridgehead atoms. The van der Waals surface area contributed by atoms with E-state index in [1.807, 2.05) is 17.1 Å². The average Bonchev–Trinajstić information content (AvgIpc) is 3.16. The van der Waals surface area contributed by atoms with Crippen molar-refractivity contribution in [1.82, 2.24) is 20.0 Å². The Kier molecular flexibility index (Phi) is 7.25. The van der Waals surface area contributed by atoms with Gasteiger partial charge in [-0.05, 0) is 43.5 Å². The van der Waals surface area contributed by atoms with Gasteiger partial charge in [0, 0.05) is 25.1 Å². The summed E-state index contributed by atoms with van der Waals surface area (Å²) in [4.78, 5) is 26.9. The van der Waals surface area contributed by atoms with E-state index in [0.29, 0.717) is 19.0 Å². The van der Waals surface area contributed by atoms with E-state index in [2.05, 4.69) is 30.3 Å². The third-order valence-corrected chi connectivity index (χ3v) is 5.92. The van der Waals surface area contributed by atoms with Crippen LogP contribution in [0.25, 0.3) is 0 Å². The average molecular weight is 401 g/mol. The Morgan fingerprint density at radius 3 is 3.00 bits per heavy atom. The van der Waals surface area contributed by atoms with Crippen LogP contribution in [0.5, 0.6) is 0 Å². The highest BCUT2D eigenvalue weighted by molar-refractivity contribution is 5.77. The number of carbonyl (C=O) groups is 1. The second-order valence-corrected chi connectivity index (χ2v) is 7.96. The number of fused-ring (bicyclic) bond motifs is 1. The lowest BCUT2D eigenvalue weighted by Gasteiger charge is -2.27. The normalized spacial score (nSPS) is 21.6. The van der Waals surface area contributed by atoms with Crippen LogP contribution in [0.1, 0.15) is 38.8 Å². The van der Waals surface area contributed by atoms with Gasteiger partial charge in [0.05, 0.1) is 18.8 Å². The molecule has 0 spiro atoms. The summed E-state index contributed by atoms with van der Waals surface area (Å²) in [5.74, 6) is 1.72. The first-order chi connectivity index (χ1) is 14.0. The predicted octanol–water partition coefficient (Wildman–Crippen LogP) is 2.09. The van der Waals surface area contributed by atoms with Crippen LogP contribution in [0.3, 0.4) is 0 Å². The van der Waals surface area contributed by atoms with Crippen molar-refractivity contribution in [3.63, 3.8) is 0 Å². The minimum absolute atomic E-state index is 0.0301. The highest BCUT2D eigenvalue weighted by Crippen LogP contribution is 2.31. The van der Waals surface area contributed by atoms with Crippen LogP contribution in [-0.4, -0.2) is 46.8 Å². The summed E-state index contributed by atoms with van der Waals surface area (Å²) >= 11 is 0. The van der Waals surface area contributed by atoms with Gasteiger partial charge in [0.25, 0.3) is 5.56 Å². The van der Waals surface area contributed by atoms with E-state index in [1.165, 1.54) is 17.2 Å². The molecule has 1 saturated heterocycles. The number of methoxy groups -OCH3 is 1. The van der Waals surface area contributed by atoms with E-state index >= 15 is 0 Å². The Hall–Kier alpha value is -2.41. The van der Waals surface area contributed by atoms with Crippen LogP contribution >= 0.6 is 0 Å². The molecule has 3 rings (SSSR count). The number of rotatable bonds is 9. The van der Waals surface area contributed by atoms with Crippen molar-refractivity contribution in [3.05, 3.63) is 52.2 Å². The van der Waals surface area contributed by atoms with E-state index in [9.17, 15) is 9.59 Å². The zero-order valence-corrected chi connectivity index (χ0v) is 17.6. The fourth-order valence-corrected chi connectivity index (χ4v) is 3.84. The molecule has 2 aliphatic rings. The van der Waals surface area contributed by atoms with Crippen LogP contribution in [0.2, 0.25) is 0 Å². The van der Waals surface area contributed by atoms with Crippen molar-refractivity contribution < 1.29 is 9.53 Å². The summed E-state index contributed by atoms with van der Waals surface area (Å²) in [6.07, 6.45) is 9.18. The number of carbonyl (C=O) groups excluding carboxylic acids is 1. The molecule has 1 aliphatic heterocycles. The van der Waals surface area contributed by atoms with Gasteiger partial charge in [-0.15, -0.1) is 0 Å². The van der Waals surface area contributed by atoms with E-state index in [4.69, 9.17) is 4.74 Å². The topological polar surface area (TPSA) is 76.5 Å². The second-order valence-electron chi connectivity index (χ2n) is 7.96. The highest BCUT2D eigenvalue weighted by Gasteiger charge is 2.36. The fraction of sp³-hybridized carbons (Fsp3) is 0.591. The molecule has 1 aromatic rings. The zero-order valence-electron chi connectivity index (χ0n) is 17.6. The number of nitrogens with zero attached hydrogens (tertiary/aromatic N) is 3. The third-order valence-electron chi connectivity index (χ3n) is 5.92. The van der Waals surface area contributed by atoms with Gasteiger partial charge in [-0.3, -0.25) is 9.59 Å². The van der Waals surface area contributed by atoms with Crippen molar-refractivity contribution in [2.24, 2.45) is 11.8 Å². The van der Waals surface area contributed by atoms with Crippen LogP contribution in [-0.2, 0) is 22.6 Å². The lowest BCUT2D eigenvalue weighted by atomic mass is 9.95. The van der Waals surface area contributed by atoms with Crippen molar-refractivity contribution >= 4 is 5.91 Å². The van der Waals surface area contributed by atoms with E-state index < -0.39 is 0 Å². The second kappa shape index (κ2) is 9.87. The van der Waals surface area contributed by atoms with Gasteiger partial charge in [-0.1, -0.05) is 26.3 Å². The Balaban J connectivity index is 1.58. The first kappa shape index (κ1) is 21.3. The maximum atomic E-state index is 12.9. The zero-order chi connectivity index (χ0) is 20.8. The Labute approximate surface area is 172 Å². The van der Waals surface area contributed by atoms with Crippen LogP contribution in [0, 0.1) is 11.8 Å². The molecule has 3 atom stereocenters. The highest BCUT2D eigenvalue weighted by atomic mass is 16.5. The van der Waals surface area contributed by atoms with Gasteiger partial charge < -0.3 is 15.0 Å². The van der Waals surface area contributed by atoms with Gasteiger partial charge in [0.15, 0.2) is 0 Å². The van der Waals surface area contributed by atoms with E-state index in [1.54, 1.807) is 13.2 Å². The number of likely N-dealkylation sites (tertiary alicyclic amines) is 1. The first-order valence-corrected chi connectivity index (χ1v) is 10.5. The summed E-state index contributed by atoms with van der Waals surface area (Å²) < 4.78 is 6.57. The molecule has 0 aromatic carbocycles. The van der Waals surface area contributed by atoms with Gasteiger partial charge >= 0.3 is 0 Å². The van der Waals surface area contributed by atoms with E-state index in [-0.39, 0.29) is 30.0 Å². The quantitative estimate of drug-likeness (QED) is 0.643. The molecular formula is C22H32N4O3. The third kappa shape index (κ3) is 5.35. The SMILES string of the molecule is CCC(C)CCNCc1ccc(=O)n(CC(=O)N2CCC3C=C(OC)C=CC32)n1. The number of nitrogens with one attached hydrogen (secondary N) is 1. The molecule has 29 heavy (non-hydrogen) atoms. The van der Waals surface area contributed by atoms with Crippen molar-refractivity contribution in [1.29, 1.82) is 0 Å². The fourth-order valence-electron chi connectivity index (χ4n) is 3.84. The standard InChI is InChI=1S/C22H32N4O3/c1-4-16(2)9-11-23-14-18-5-8-21(27)26(24-18)15-22(28)25-12-10-17-13-19(29-3)6-7-20(17)25/h5-8,13,16-17,20,23H,4,9-12,14-15H2,1-3H3. The molecular weight excluding hydrogens is 368 g/mol. The largest absolute Gasteiger partial charge is 0.497 e. The summed E-state index contributed by atoms with van der Waals surface area (Å²) in [5.41, 5.74) is 0.518. The molecule has 1 fully saturated rings. The van der Waals surface area contributed by atoms with Crippen molar-refractivity contribution in [2.75, 3.05) is 20.2 Å². The smallest absolute Gasteiger partial charge is 0.267 e. The van der Waals surface area contributed by atoms with Crippen molar-refractivity contribution in [2.45, 2.75) is 52.2 Å². The summed E-state index contributed by atoms with van der Waals surface area (Å²) in [6, 6.07) is 3.25. The Morgan fingerprint density at radius 1 is 1.41 bits per heavy atom.